The van der Waals surface area contributed by atoms with Gasteiger partial charge in [-0.1, -0.05) is 0 Å². The van der Waals surface area contributed by atoms with Crippen molar-refractivity contribution in [3.05, 3.63) is 75.7 Å². The summed E-state index contributed by atoms with van der Waals surface area (Å²) >= 11 is 0. The van der Waals surface area contributed by atoms with Gasteiger partial charge in [0.05, 0.1) is 28.1 Å². The number of alkyl halides is 3. The molecule has 13 heteroatoms. The Bertz CT molecular complexity index is 1480. The van der Waals surface area contributed by atoms with Crippen LogP contribution in [0.15, 0.2) is 47.7 Å². The molecule has 2 amide bonds. The van der Waals surface area contributed by atoms with Crippen molar-refractivity contribution in [1.82, 2.24) is 14.9 Å². The number of nitrogens with one attached hydrogen (secondary N) is 2. The minimum Gasteiger partial charge on any atom is -0.367 e. The number of nitrogens with zero attached hydrogens (tertiary/aromatic N) is 3. The van der Waals surface area contributed by atoms with Crippen LogP contribution in [0.1, 0.15) is 40.1 Å². The van der Waals surface area contributed by atoms with Crippen molar-refractivity contribution in [2.45, 2.75) is 32.1 Å². The molecule has 0 saturated carbocycles. The number of benzene rings is 1. The van der Waals surface area contributed by atoms with Gasteiger partial charge in [-0.3, -0.25) is 24.3 Å². The third kappa shape index (κ3) is 5.77. The summed E-state index contributed by atoms with van der Waals surface area (Å²) in [5.41, 5.74) is 2.50. The van der Waals surface area contributed by atoms with Gasteiger partial charge in [-0.05, 0) is 39.1 Å². The quantitative estimate of drug-likeness (QED) is 0.421. The number of nitrogens with two attached hydrogens (primary N) is 1. The minimum atomic E-state index is -4.97. The second-order valence-electron chi connectivity index (χ2n) is 9.52. The predicted molar refractivity (Wildman–Crippen MR) is 137 cm³/mol. The van der Waals surface area contributed by atoms with Crippen molar-refractivity contribution in [2.75, 3.05) is 30.4 Å². The number of pyridine rings is 2. The Morgan fingerprint density at radius 3 is 2.38 bits per heavy atom. The Morgan fingerprint density at radius 1 is 1.10 bits per heavy atom. The van der Waals surface area contributed by atoms with Gasteiger partial charge in [0.25, 0.3) is 5.91 Å². The van der Waals surface area contributed by atoms with Crippen LogP contribution >= 0.6 is 0 Å². The average Bonchev–Trinajstić information content (AvgIpc) is 2.87. The van der Waals surface area contributed by atoms with Crippen LogP contribution < -0.4 is 21.5 Å². The van der Waals surface area contributed by atoms with E-state index in [9.17, 15) is 27.6 Å². The van der Waals surface area contributed by atoms with Crippen LogP contribution in [0.25, 0.3) is 11.1 Å². The zero-order valence-electron chi connectivity index (χ0n) is 21.3. The first-order chi connectivity index (χ1) is 18.3. The van der Waals surface area contributed by atoms with Crippen molar-refractivity contribution in [3.8, 4) is 11.1 Å². The molecule has 0 spiro atoms. The molecule has 206 valence electrons. The van der Waals surface area contributed by atoms with E-state index in [4.69, 9.17) is 5.73 Å². The van der Waals surface area contributed by atoms with Gasteiger partial charge < -0.3 is 20.9 Å². The summed E-state index contributed by atoms with van der Waals surface area (Å²) in [5.74, 6) is -2.64. The lowest BCUT2D eigenvalue weighted by Crippen LogP contribution is -2.55. The minimum absolute atomic E-state index is 0.0198. The molecular formula is C26H26F4N6O3. The molecule has 1 saturated heterocycles. The number of primary amides is 1. The summed E-state index contributed by atoms with van der Waals surface area (Å²) in [6.07, 6.45) is -1.78. The van der Waals surface area contributed by atoms with Crippen LogP contribution in [0.5, 0.6) is 0 Å². The molecule has 2 atom stereocenters. The number of rotatable bonds is 5. The number of aromatic nitrogens is 2. The summed E-state index contributed by atoms with van der Waals surface area (Å²) in [6, 6.07) is 4.18. The molecule has 1 aromatic carbocycles. The molecule has 39 heavy (non-hydrogen) atoms. The van der Waals surface area contributed by atoms with Crippen LogP contribution in [0.2, 0.25) is 0 Å². The third-order valence-electron chi connectivity index (χ3n) is 6.84. The van der Waals surface area contributed by atoms with Crippen LogP contribution in [-0.2, 0) is 6.18 Å². The maximum Gasteiger partial charge on any atom is 0.417 e. The zero-order valence-corrected chi connectivity index (χ0v) is 21.3. The van der Waals surface area contributed by atoms with Crippen LogP contribution in [0.3, 0.4) is 0 Å². The van der Waals surface area contributed by atoms with E-state index in [1.165, 1.54) is 30.6 Å². The fourth-order valence-electron chi connectivity index (χ4n) is 4.55. The van der Waals surface area contributed by atoms with Gasteiger partial charge in [-0.2, -0.15) is 13.2 Å². The van der Waals surface area contributed by atoms with E-state index < -0.39 is 40.5 Å². The maximum atomic E-state index is 15.5. The van der Waals surface area contributed by atoms with E-state index in [-0.39, 0.29) is 40.1 Å². The van der Waals surface area contributed by atoms with E-state index in [1.54, 1.807) is 0 Å². The number of piperazine rings is 1. The molecule has 4 rings (SSSR count). The molecule has 0 bridgehead atoms. The van der Waals surface area contributed by atoms with Crippen molar-refractivity contribution in [1.29, 1.82) is 0 Å². The van der Waals surface area contributed by atoms with E-state index >= 15 is 4.39 Å². The van der Waals surface area contributed by atoms with Gasteiger partial charge in [0.1, 0.15) is 5.82 Å². The van der Waals surface area contributed by atoms with E-state index in [2.05, 4.69) is 20.2 Å². The first-order valence-electron chi connectivity index (χ1n) is 11.9. The zero-order chi connectivity index (χ0) is 28.6. The molecule has 9 nitrogen and oxygen atoms in total. The van der Waals surface area contributed by atoms with Gasteiger partial charge in [-0.15, -0.1) is 0 Å². The smallest absolute Gasteiger partial charge is 0.367 e. The number of likely N-dealkylation sites (N-methyl/N-ethyl adjacent to an activating group) is 1. The molecule has 1 aliphatic rings. The van der Waals surface area contributed by atoms with Crippen LogP contribution in [-0.4, -0.2) is 58.9 Å². The summed E-state index contributed by atoms with van der Waals surface area (Å²) in [4.78, 5) is 46.3. The molecule has 3 aromatic rings. The highest BCUT2D eigenvalue weighted by atomic mass is 19.4. The molecule has 4 N–H and O–H groups in total. The second kappa shape index (κ2) is 10.5. The Hall–Kier alpha value is -4.26. The highest BCUT2D eigenvalue weighted by Gasteiger charge is 2.36. The molecule has 2 aromatic heterocycles. The van der Waals surface area contributed by atoms with Crippen molar-refractivity contribution in [3.63, 3.8) is 0 Å². The summed E-state index contributed by atoms with van der Waals surface area (Å²) in [7, 11) is 1.95. The van der Waals surface area contributed by atoms with E-state index in [0.717, 1.165) is 0 Å². The summed E-state index contributed by atoms with van der Waals surface area (Å²) in [6.45, 7) is 4.85. The van der Waals surface area contributed by atoms with Crippen molar-refractivity contribution in [2.24, 2.45) is 5.73 Å². The third-order valence-corrected chi connectivity index (χ3v) is 6.84. The number of H-pyrrole nitrogens is 1. The number of hydrogen-bond acceptors (Lipinski definition) is 6. The topological polar surface area (TPSA) is 124 Å². The lowest BCUT2D eigenvalue weighted by Gasteiger charge is -2.44. The maximum absolute atomic E-state index is 15.5. The Morgan fingerprint density at radius 2 is 1.77 bits per heavy atom. The molecule has 0 radical (unpaired) electrons. The Kier molecular flexibility index (Phi) is 7.46. The molecule has 1 fully saturated rings. The fourth-order valence-corrected chi connectivity index (χ4v) is 4.55. The normalized spacial score (nSPS) is 18.2. The standard InChI is InChI=1S/C26H26F4N6O3/c1-13-11-36(12-14(2)35(13)3)22-7-20(27)17(15-4-16(24(31)38)9-32-8-15)5-21(22)34-25(39)18-10-33-23(37)6-19(18)26(28,29)30/h4-10,13-14H,11-12H2,1-3H3,(H2,31,38)(H,33,37)(H,34,39). The number of halogens is 4. The van der Waals surface area contributed by atoms with E-state index in [0.29, 0.717) is 25.4 Å². The summed E-state index contributed by atoms with van der Waals surface area (Å²) in [5, 5.41) is 2.48. The molecule has 3 heterocycles. The largest absolute Gasteiger partial charge is 0.417 e. The van der Waals surface area contributed by atoms with Gasteiger partial charge in [0.15, 0.2) is 0 Å². The Labute approximate surface area is 220 Å². The second-order valence-corrected chi connectivity index (χ2v) is 9.52. The van der Waals surface area contributed by atoms with Gasteiger partial charge in [0.2, 0.25) is 11.5 Å². The number of amides is 2. The van der Waals surface area contributed by atoms with Gasteiger partial charge in [-0.25, -0.2) is 4.39 Å². The molecule has 1 aliphatic heterocycles. The first-order valence-corrected chi connectivity index (χ1v) is 11.9. The van der Waals surface area contributed by atoms with Crippen molar-refractivity contribution < 1.29 is 27.2 Å². The highest BCUT2D eigenvalue weighted by molar-refractivity contribution is 6.07. The lowest BCUT2D eigenvalue weighted by atomic mass is 10.0. The monoisotopic (exact) mass is 546 g/mol. The summed E-state index contributed by atoms with van der Waals surface area (Å²) < 4.78 is 56.4. The molecule has 0 aliphatic carbocycles. The molecular weight excluding hydrogens is 520 g/mol. The van der Waals surface area contributed by atoms with Gasteiger partial charge >= 0.3 is 6.18 Å². The Balaban J connectivity index is 1.84. The fraction of sp³-hybridized carbons (Fsp3) is 0.308. The number of anilines is 2. The number of hydrogen-bond donors (Lipinski definition) is 3. The number of carbonyl (C=O) groups excluding carboxylic acids is 2. The van der Waals surface area contributed by atoms with Crippen LogP contribution in [0, 0.1) is 5.82 Å². The number of carbonyl (C=O) groups is 2. The number of aromatic amines is 1. The first kappa shape index (κ1) is 27.8. The lowest BCUT2D eigenvalue weighted by molar-refractivity contribution is -0.138. The highest BCUT2D eigenvalue weighted by Crippen LogP contribution is 2.37. The van der Waals surface area contributed by atoms with Crippen LogP contribution in [0.4, 0.5) is 28.9 Å². The van der Waals surface area contributed by atoms with E-state index in [1.807, 2.05) is 25.8 Å². The van der Waals surface area contributed by atoms with Gasteiger partial charge in [0, 0.05) is 61.0 Å². The predicted octanol–water partition coefficient (Wildman–Crippen LogP) is 3.47. The molecule has 2 unspecified atom stereocenters. The average molecular weight is 547 g/mol. The van der Waals surface area contributed by atoms with Crippen molar-refractivity contribution >= 4 is 23.2 Å². The SMILES string of the molecule is CC1CN(c2cc(F)c(-c3cncc(C(N)=O)c3)cc2NC(=O)c2c[nH]c(=O)cc2C(F)(F)F)CC(C)N1C.